The molecule has 1 aromatic rings. The lowest BCUT2D eigenvalue weighted by Gasteiger charge is -2.22. The molecule has 3 N–H and O–H groups in total. The minimum Gasteiger partial charge on any atom is -0.325 e. The Morgan fingerprint density at radius 1 is 1.57 bits per heavy atom. The van der Waals surface area contributed by atoms with Gasteiger partial charge in [-0.15, -0.1) is 15.6 Å². The number of hydroxylamine groups is 2. The van der Waals surface area contributed by atoms with Crippen molar-refractivity contribution in [3.8, 4) is 0 Å². The van der Waals surface area contributed by atoms with Crippen LogP contribution in [0.15, 0.2) is 12.3 Å². The summed E-state index contributed by atoms with van der Waals surface area (Å²) < 4.78 is 35.0. The molecule has 2 aliphatic heterocycles. The molecule has 3 heterocycles. The Kier molecular flexibility index (Phi) is 3.45. The molecule has 2 aliphatic rings. The van der Waals surface area contributed by atoms with Crippen LogP contribution in [0, 0.1) is 0 Å². The number of thiazole rings is 1. The van der Waals surface area contributed by atoms with Crippen molar-refractivity contribution in [3.05, 3.63) is 22.2 Å². The van der Waals surface area contributed by atoms with Gasteiger partial charge in [-0.05, 0) is 5.57 Å². The third-order valence-corrected chi connectivity index (χ3v) is 4.63. The average Bonchev–Trinajstić information content (AvgIpc) is 2.98. The molecule has 9 nitrogen and oxygen atoms in total. The molecule has 0 saturated carbocycles. The number of fused-ring (bicyclic) bond motifs is 2. The fraction of sp³-hybridized carbons (Fsp3) is 0.400. The van der Waals surface area contributed by atoms with E-state index in [4.69, 9.17) is 10.3 Å². The zero-order valence-corrected chi connectivity index (χ0v) is 12.3. The summed E-state index contributed by atoms with van der Waals surface area (Å²) in [5.74, 6) is 0. The Hall–Kier alpha value is -1.53. The van der Waals surface area contributed by atoms with Crippen molar-refractivity contribution in [1.29, 1.82) is 0 Å². The van der Waals surface area contributed by atoms with Crippen LogP contribution in [0.1, 0.15) is 9.88 Å². The van der Waals surface area contributed by atoms with Gasteiger partial charge in [0.1, 0.15) is 11.0 Å². The van der Waals surface area contributed by atoms with Gasteiger partial charge in [0, 0.05) is 19.3 Å². The number of nitrogens with two attached hydrogens (primary N) is 1. The molecular weight excluding hydrogens is 320 g/mol. The first-order valence-electron chi connectivity index (χ1n) is 5.99. The lowest BCUT2D eigenvalue weighted by molar-refractivity contribution is -0.0159. The van der Waals surface area contributed by atoms with E-state index in [1.54, 1.807) is 6.20 Å². The molecule has 1 saturated heterocycles. The highest BCUT2D eigenvalue weighted by Gasteiger charge is 2.45. The van der Waals surface area contributed by atoms with Gasteiger partial charge in [0.05, 0.1) is 11.4 Å². The maximum Gasteiger partial charge on any atom is 0.418 e. The van der Waals surface area contributed by atoms with Gasteiger partial charge < -0.3 is 10.6 Å². The van der Waals surface area contributed by atoms with E-state index >= 15 is 0 Å². The van der Waals surface area contributed by atoms with Crippen molar-refractivity contribution in [2.75, 3.05) is 13.1 Å². The van der Waals surface area contributed by atoms with E-state index in [9.17, 15) is 13.2 Å². The van der Waals surface area contributed by atoms with Crippen LogP contribution in [0.2, 0.25) is 0 Å². The summed E-state index contributed by atoms with van der Waals surface area (Å²) >= 11 is 1.37. The third kappa shape index (κ3) is 2.65. The summed E-state index contributed by atoms with van der Waals surface area (Å²) in [5, 5.41) is 1.41. The van der Waals surface area contributed by atoms with Gasteiger partial charge in [0.15, 0.2) is 0 Å². The number of carbonyl (C=O) groups excluding carboxylic acids is 1. The highest BCUT2D eigenvalue weighted by atomic mass is 32.3. The average molecular weight is 332 g/mol. The number of hydrogen-bond acceptors (Lipinski definition) is 7. The number of nitrogens with zero attached hydrogens (tertiary/aromatic N) is 3. The van der Waals surface area contributed by atoms with E-state index in [0.717, 1.165) is 15.5 Å². The third-order valence-electron chi connectivity index (χ3n) is 3.21. The van der Waals surface area contributed by atoms with Crippen molar-refractivity contribution in [2.24, 2.45) is 5.73 Å². The number of amides is 2. The SMILES string of the molecule is NCc1ncc(C2=CCN3CC2N(OS(=O)(=O)O)C3=O)s1. The minimum absolute atomic E-state index is 0.288. The van der Waals surface area contributed by atoms with Crippen LogP contribution < -0.4 is 5.73 Å². The Morgan fingerprint density at radius 2 is 2.33 bits per heavy atom. The van der Waals surface area contributed by atoms with Crippen molar-refractivity contribution in [2.45, 2.75) is 12.6 Å². The monoisotopic (exact) mass is 332 g/mol. The van der Waals surface area contributed by atoms with Crippen LogP contribution in [0.4, 0.5) is 4.79 Å². The van der Waals surface area contributed by atoms with Crippen LogP contribution in [0.5, 0.6) is 0 Å². The van der Waals surface area contributed by atoms with Gasteiger partial charge in [-0.25, -0.2) is 9.78 Å². The summed E-state index contributed by atoms with van der Waals surface area (Å²) in [6.07, 6.45) is 3.44. The van der Waals surface area contributed by atoms with Crippen molar-refractivity contribution >= 4 is 33.3 Å². The van der Waals surface area contributed by atoms with Gasteiger partial charge in [0.25, 0.3) is 0 Å². The second-order valence-corrected chi connectivity index (χ2v) is 6.63. The first-order valence-corrected chi connectivity index (χ1v) is 8.17. The largest absolute Gasteiger partial charge is 0.418 e. The predicted molar refractivity (Wildman–Crippen MR) is 73.2 cm³/mol. The lowest BCUT2D eigenvalue weighted by atomic mass is 10.0. The van der Waals surface area contributed by atoms with E-state index in [2.05, 4.69) is 9.27 Å². The Bertz CT molecular complexity index is 713. The first-order chi connectivity index (χ1) is 9.89. The maximum absolute atomic E-state index is 12.0. The Morgan fingerprint density at radius 3 is 2.95 bits per heavy atom. The maximum atomic E-state index is 12.0. The number of rotatable bonds is 4. The van der Waals surface area contributed by atoms with E-state index in [-0.39, 0.29) is 6.54 Å². The molecule has 0 spiro atoms. The van der Waals surface area contributed by atoms with Gasteiger partial charge in [-0.3, -0.25) is 4.55 Å². The molecule has 1 atom stereocenters. The number of hydrogen-bond donors (Lipinski definition) is 2. The number of carbonyl (C=O) groups is 1. The normalized spacial score (nSPS) is 21.9. The summed E-state index contributed by atoms with van der Waals surface area (Å²) in [6.45, 7) is 0.931. The summed E-state index contributed by atoms with van der Waals surface area (Å²) in [7, 11) is -4.77. The molecule has 1 unspecified atom stereocenters. The molecule has 0 aromatic carbocycles. The lowest BCUT2D eigenvalue weighted by Crippen LogP contribution is -2.36. The summed E-state index contributed by atoms with van der Waals surface area (Å²) in [5.41, 5.74) is 6.25. The molecule has 114 valence electrons. The zero-order valence-electron chi connectivity index (χ0n) is 10.7. The van der Waals surface area contributed by atoms with Crippen molar-refractivity contribution < 1.29 is 22.0 Å². The van der Waals surface area contributed by atoms with Crippen LogP contribution in [0.25, 0.3) is 5.57 Å². The van der Waals surface area contributed by atoms with Crippen LogP contribution >= 0.6 is 11.3 Å². The quantitative estimate of drug-likeness (QED) is 0.734. The number of aromatic nitrogens is 1. The second kappa shape index (κ2) is 5.03. The van der Waals surface area contributed by atoms with E-state index in [1.165, 1.54) is 16.2 Å². The van der Waals surface area contributed by atoms with Crippen LogP contribution in [0.3, 0.4) is 0 Å². The molecular formula is C10H12N4O5S2. The van der Waals surface area contributed by atoms with Gasteiger partial charge >= 0.3 is 16.4 Å². The van der Waals surface area contributed by atoms with E-state index < -0.39 is 22.5 Å². The molecule has 1 fully saturated rings. The van der Waals surface area contributed by atoms with Crippen LogP contribution in [-0.2, 0) is 21.2 Å². The predicted octanol–water partition coefficient (Wildman–Crippen LogP) is -0.161. The fourth-order valence-electron chi connectivity index (χ4n) is 2.34. The fourth-order valence-corrected chi connectivity index (χ4v) is 3.60. The summed E-state index contributed by atoms with van der Waals surface area (Å²) in [4.78, 5) is 18.3. The van der Waals surface area contributed by atoms with E-state index in [0.29, 0.717) is 18.2 Å². The molecule has 0 aliphatic carbocycles. The topological polar surface area (TPSA) is 126 Å². The summed E-state index contributed by atoms with van der Waals surface area (Å²) in [6, 6.07) is -1.22. The van der Waals surface area contributed by atoms with E-state index in [1.807, 2.05) is 6.08 Å². The number of urea groups is 1. The first kappa shape index (κ1) is 14.4. The minimum atomic E-state index is -4.77. The highest BCUT2D eigenvalue weighted by Crippen LogP contribution is 2.35. The highest BCUT2D eigenvalue weighted by molar-refractivity contribution is 7.80. The molecule has 21 heavy (non-hydrogen) atoms. The van der Waals surface area contributed by atoms with Gasteiger partial charge in [0.2, 0.25) is 0 Å². The standard InChI is InChI=1S/C10H12N4O5S2/c11-3-9-12-4-8(20-9)6-1-2-13-5-7(6)14(10(13)15)19-21(16,17)18/h1,4,7H,2-3,5,11H2,(H,16,17,18). The Balaban J connectivity index is 1.93. The molecule has 11 heteroatoms. The van der Waals surface area contributed by atoms with Crippen molar-refractivity contribution in [3.63, 3.8) is 0 Å². The molecule has 2 bridgehead atoms. The van der Waals surface area contributed by atoms with Crippen LogP contribution in [-0.4, -0.2) is 53.1 Å². The second-order valence-electron chi connectivity index (χ2n) is 4.51. The van der Waals surface area contributed by atoms with Gasteiger partial charge in [-0.2, -0.15) is 13.5 Å². The zero-order chi connectivity index (χ0) is 15.2. The smallest absolute Gasteiger partial charge is 0.325 e. The Labute approximate surface area is 124 Å². The molecule has 3 rings (SSSR count). The van der Waals surface area contributed by atoms with Crippen molar-refractivity contribution in [1.82, 2.24) is 14.9 Å². The molecule has 1 aromatic heterocycles. The molecule has 0 radical (unpaired) electrons. The molecule has 2 amide bonds. The van der Waals surface area contributed by atoms with Gasteiger partial charge in [-0.1, -0.05) is 6.08 Å².